The molecule has 1 aromatic rings. The zero-order valence-electron chi connectivity index (χ0n) is 8.81. The van der Waals surface area contributed by atoms with Crippen molar-refractivity contribution in [3.8, 4) is 0 Å². The van der Waals surface area contributed by atoms with E-state index in [1.807, 2.05) is 0 Å². The van der Waals surface area contributed by atoms with Crippen molar-refractivity contribution in [2.24, 2.45) is 0 Å². The third kappa shape index (κ3) is 2.53. The first-order chi connectivity index (χ1) is 7.25. The number of hydrogen-bond donors (Lipinski definition) is 1. The highest BCUT2D eigenvalue weighted by atomic mass is 16.1. The van der Waals surface area contributed by atoms with Gasteiger partial charge in [-0.3, -0.25) is 9.78 Å². The van der Waals surface area contributed by atoms with E-state index in [1.165, 1.54) is 0 Å². The molecule has 0 bridgehead atoms. The molecular formula is C11H15N3O. The van der Waals surface area contributed by atoms with Crippen molar-refractivity contribution in [3.63, 3.8) is 0 Å². The maximum atomic E-state index is 11.7. The van der Waals surface area contributed by atoms with Crippen LogP contribution in [0.4, 0.5) is 0 Å². The highest BCUT2D eigenvalue weighted by molar-refractivity contribution is 5.94. The Bertz CT molecular complexity index is 339. The van der Waals surface area contributed by atoms with Crippen LogP contribution in [0, 0.1) is 0 Å². The molecule has 4 heteroatoms. The Morgan fingerprint density at radius 1 is 1.53 bits per heavy atom. The van der Waals surface area contributed by atoms with E-state index in [9.17, 15) is 4.79 Å². The van der Waals surface area contributed by atoms with Gasteiger partial charge in [-0.1, -0.05) is 0 Å². The Hall–Kier alpha value is -1.42. The smallest absolute Gasteiger partial charge is 0.251 e. The van der Waals surface area contributed by atoms with E-state index in [-0.39, 0.29) is 11.9 Å². The van der Waals surface area contributed by atoms with Gasteiger partial charge in [0.05, 0.1) is 0 Å². The average molecular weight is 205 g/mol. The molecule has 1 fully saturated rings. The van der Waals surface area contributed by atoms with Crippen LogP contribution < -0.4 is 5.32 Å². The fourth-order valence-electron chi connectivity index (χ4n) is 1.82. The second-order valence-electron chi connectivity index (χ2n) is 3.96. The van der Waals surface area contributed by atoms with Crippen LogP contribution >= 0.6 is 0 Å². The van der Waals surface area contributed by atoms with E-state index in [2.05, 4.69) is 22.2 Å². The summed E-state index contributed by atoms with van der Waals surface area (Å²) in [7, 11) is 2.07. The Kier molecular flexibility index (Phi) is 2.97. The van der Waals surface area contributed by atoms with Crippen molar-refractivity contribution in [1.29, 1.82) is 0 Å². The van der Waals surface area contributed by atoms with Gasteiger partial charge >= 0.3 is 0 Å². The number of likely N-dealkylation sites (tertiary alicyclic amines) is 1. The highest BCUT2D eigenvalue weighted by Gasteiger charge is 2.21. The molecular weight excluding hydrogens is 190 g/mol. The molecule has 1 aromatic heterocycles. The number of likely N-dealkylation sites (N-methyl/N-ethyl adjacent to an activating group) is 1. The van der Waals surface area contributed by atoms with Gasteiger partial charge in [-0.2, -0.15) is 0 Å². The lowest BCUT2D eigenvalue weighted by Crippen LogP contribution is -2.36. The molecule has 4 nitrogen and oxygen atoms in total. The van der Waals surface area contributed by atoms with Crippen LogP contribution in [-0.2, 0) is 0 Å². The van der Waals surface area contributed by atoms with E-state index in [0.29, 0.717) is 5.56 Å². The van der Waals surface area contributed by atoms with E-state index in [4.69, 9.17) is 0 Å². The molecule has 15 heavy (non-hydrogen) atoms. The predicted molar refractivity (Wildman–Crippen MR) is 57.6 cm³/mol. The molecule has 2 rings (SSSR count). The molecule has 0 unspecified atom stereocenters. The number of rotatable bonds is 2. The lowest BCUT2D eigenvalue weighted by atomic mass is 10.2. The van der Waals surface area contributed by atoms with Crippen LogP contribution in [0.15, 0.2) is 24.5 Å². The quantitative estimate of drug-likeness (QED) is 0.765. The molecule has 1 saturated heterocycles. The van der Waals surface area contributed by atoms with Gasteiger partial charge in [0.15, 0.2) is 0 Å². The van der Waals surface area contributed by atoms with Gasteiger partial charge in [0.1, 0.15) is 0 Å². The molecule has 0 aromatic carbocycles. The van der Waals surface area contributed by atoms with Crippen LogP contribution in [-0.4, -0.2) is 42.0 Å². The van der Waals surface area contributed by atoms with Gasteiger partial charge in [-0.25, -0.2) is 0 Å². The van der Waals surface area contributed by atoms with Crippen LogP contribution in [0.1, 0.15) is 16.8 Å². The van der Waals surface area contributed by atoms with Gasteiger partial charge in [0.25, 0.3) is 5.91 Å². The summed E-state index contributed by atoms with van der Waals surface area (Å²) >= 11 is 0. The number of amides is 1. The van der Waals surface area contributed by atoms with Gasteiger partial charge in [-0.15, -0.1) is 0 Å². The fourth-order valence-corrected chi connectivity index (χ4v) is 1.82. The number of pyridine rings is 1. The molecule has 1 aliphatic heterocycles. The first-order valence-corrected chi connectivity index (χ1v) is 5.15. The highest BCUT2D eigenvalue weighted by Crippen LogP contribution is 2.07. The third-order valence-electron chi connectivity index (χ3n) is 2.67. The minimum Gasteiger partial charge on any atom is -0.348 e. The maximum absolute atomic E-state index is 11.7. The Balaban J connectivity index is 1.93. The molecule has 1 amide bonds. The number of aromatic nitrogens is 1. The van der Waals surface area contributed by atoms with E-state index in [0.717, 1.165) is 19.5 Å². The molecule has 1 N–H and O–H groups in total. The summed E-state index contributed by atoms with van der Waals surface area (Å²) in [6.07, 6.45) is 4.30. The summed E-state index contributed by atoms with van der Waals surface area (Å²) in [4.78, 5) is 17.9. The van der Waals surface area contributed by atoms with Crippen molar-refractivity contribution >= 4 is 5.91 Å². The monoisotopic (exact) mass is 205 g/mol. The second kappa shape index (κ2) is 4.40. The molecule has 0 radical (unpaired) electrons. The standard InChI is InChI=1S/C11H15N3O/c1-14-7-4-10(8-14)13-11(15)9-2-5-12-6-3-9/h2-3,5-6,10H,4,7-8H2,1H3,(H,13,15)/t10-/m0/s1. The van der Waals surface area contributed by atoms with E-state index < -0.39 is 0 Å². The molecule has 2 heterocycles. The Labute approximate surface area is 89.3 Å². The van der Waals surface area contributed by atoms with Crippen LogP contribution in [0.3, 0.4) is 0 Å². The average Bonchev–Trinajstić information content (AvgIpc) is 2.65. The molecule has 1 atom stereocenters. The van der Waals surface area contributed by atoms with Crippen molar-refractivity contribution in [2.45, 2.75) is 12.5 Å². The van der Waals surface area contributed by atoms with E-state index in [1.54, 1.807) is 24.5 Å². The summed E-state index contributed by atoms with van der Waals surface area (Å²) in [6.45, 7) is 2.00. The van der Waals surface area contributed by atoms with Gasteiger partial charge in [0, 0.05) is 30.5 Å². The molecule has 0 spiro atoms. The van der Waals surface area contributed by atoms with Crippen molar-refractivity contribution in [1.82, 2.24) is 15.2 Å². The van der Waals surface area contributed by atoms with Gasteiger partial charge < -0.3 is 10.2 Å². The zero-order valence-corrected chi connectivity index (χ0v) is 8.81. The first kappa shape index (κ1) is 10.1. The summed E-state index contributed by atoms with van der Waals surface area (Å²) in [6, 6.07) is 3.75. The number of nitrogens with one attached hydrogen (secondary N) is 1. The van der Waals surface area contributed by atoms with Crippen molar-refractivity contribution in [2.75, 3.05) is 20.1 Å². The second-order valence-corrected chi connectivity index (χ2v) is 3.96. The van der Waals surface area contributed by atoms with Gasteiger partial charge in [0.2, 0.25) is 0 Å². The van der Waals surface area contributed by atoms with Crippen LogP contribution in [0.5, 0.6) is 0 Å². The summed E-state index contributed by atoms with van der Waals surface area (Å²) < 4.78 is 0. The minimum atomic E-state index is -0.00213. The third-order valence-corrected chi connectivity index (χ3v) is 2.67. The number of nitrogens with zero attached hydrogens (tertiary/aromatic N) is 2. The van der Waals surface area contributed by atoms with Crippen molar-refractivity contribution in [3.05, 3.63) is 30.1 Å². The molecule has 0 saturated carbocycles. The summed E-state index contributed by atoms with van der Waals surface area (Å²) in [5.41, 5.74) is 0.680. The molecule has 80 valence electrons. The Morgan fingerprint density at radius 2 is 2.27 bits per heavy atom. The topological polar surface area (TPSA) is 45.2 Å². The first-order valence-electron chi connectivity index (χ1n) is 5.15. The van der Waals surface area contributed by atoms with E-state index >= 15 is 0 Å². The number of carbonyl (C=O) groups excluding carboxylic acids is 1. The lowest BCUT2D eigenvalue weighted by molar-refractivity contribution is 0.0938. The predicted octanol–water partition coefficient (Wildman–Crippen LogP) is 0.515. The lowest BCUT2D eigenvalue weighted by Gasteiger charge is -2.12. The SMILES string of the molecule is CN1CC[C@H](NC(=O)c2ccncc2)C1. The maximum Gasteiger partial charge on any atom is 0.251 e. The van der Waals surface area contributed by atoms with Crippen molar-refractivity contribution < 1.29 is 4.79 Å². The Morgan fingerprint density at radius 3 is 2.87 bits per heavy atom. The number of hydrogen-bond acceptors (Lipinski definition) is 3. The molecule has 1 aliphatic rings. The number of carbonyl (C=O) groups is 1. The van der Waals surface area contributed by atoms with Crippen LogP contribution in [0.25, 0.3) is 0 Å². The van der Waals surface area contributed by atoms with Gasteiger partial charge in [-0.05, 0) is 32.1 Å². The largest absolute Gasteiger partial charge is 0.348 e. The fraction of sp³-hybridized carbons (Fsp3) is 0.455. The minimum absolute atomic E-state index is 0.00213. The molecule has 0 aliphatic carbocycles. The zero-order chi connectivity index (χ0) is 10.7. The normalized spacial score (nSPS) is 21.5. The van der Waals surface area contributed by atoms with Crippen LogP contribution in [0.2, 0.25) is 0 Å². The summed E-state index contributed by atoms with van der Waals surface area (Å²) in [5.74, 6) is -0.00213. The summed E-state index contributed by atoms with van der Waals surface area (Å²) in [5, 5.41) is 3.02.